The van der Waals surface area contributed by atoms with E-state index in [1.54, 1.807) is 6.20 Å². The highest BCUT2D eigenvalue weighted by molar-refractivity contribution is 5.92. The number of rotatable bonds is 1. The Morgan fingerprint density at radius 1 is 1.47 bits per heavy atom. The van der Waals surface area contributed by atoms with E-state index in [-0.39, 0.29) is 5.91 Å². The molecule has 0 saturated carbocycles. The lowest BCUT2D eigenvalue weighted by Gasteiger charge is -2.22. The first kappa shape index (κ1) is 10.1. The fourth-order valence-electron chi connectivity index (χ4n) is 1.67. The molecule has 1 aromatic heterocycles. The fourth-order valence-corrected chi connectivity index (χ4v) is 1.67. The summed E-state index contributed by atoms with van der Waals surface area (Å²) in [5.74, 6) is 0.715. The maximum absolute atomic E-state index is 11.6. The molecule has 80 valence electrons. The lowest BCUT2D eigenvalue weighted by molar-refractivity contribution is -0.117. The Labute approximate surface area is 89.3 Å². The molecule has 1 aromatic rings. The molecule has 15 heavy (non-hydrogen) atoms. The number of anilines is 1. The van der Waals surface area contributed by atoms with Gasteiger partial charge in [0.15, 0.2) is 0 Å². The highest BCUT2D eigenvalue weighted by Gasteiger charge is 2.21. The number of hydrogen-bond acceptors (Lipinski definition) is 3. The number of nitrogens with zero attached hydrogens (tertiary/aromatic N) is 2. The molecule has 0 aliphatic carbocycles. The van der Waals surface area contributed by atoms with Crippen LogP contribution in [0.1, 0.15) is 19.4 Å². The van der Waals surface area contributed by atoms with E-state index >= 15 is 0 Å². The summed E-state index contributed by atoms with van der Waals surface area (Å²) < 4.78 is 0. The molecular weight excluding hydrogens is 190 g/mol. The van der Waals surface area contributed by atoms with E-state index in [1.807, 2.05) is 12.1 Å². The van der Waals surface area contributed by atoms with Crippen LogP contribution in [0.3, 0.4) is 0 Å². The molecule has 0 unspecified atom stereocenters. The largest absolute Gasteiger partial charge is 0.309 e. The van der Waals surface area contributed by atoms with Gasteiger partial charge in [0.25, 0.3) is 0 Å². The number of hydrogen-bond donors (Lipinski definition) is 1. The van der Waals surface area contributed by atoms with Crippen molar-refractivity contribution in [2.24, 2.45) is 0 Å². The molecule has 0 radical (unpaired) electrons. The molecule has 1 aliphatic heterocycles. The van der Waals surface area contributed by atoms with Crippen LogP contribution >= 0.6 is 0 Å². The average Bonchev–Trinajstić information content (AvgIpc) is 2.35. The fraction of sp³-hybridized carbons (Fsp3) is 0.455. The molecule has 2 heterocycles. The smallest absolute Gasteiger partial charge is 0.239 e. The molecule has 0 fully saturated rings. The van der Waals surface area contributed by atoms with Gasteiger partial charge in [0.2, 0.25) is 5.91 Å². The third kappa shape index (κ3) is 2.15. The van der Waals surface area contributed by atoms with Gasteiger partial charge in [-0.2, -0.15) is 0 Å². The highest BCUT2D eigenvalue weighted by Crippen LogP contribution is 2.18. The summed E-state index contributed by atoms with van der Waals surface area (Å²) in [6, 6.07) is 4.26. The Morgan fingerprint density at radius 2 is 2.27 bits per heavy atom. The number of carbonyl (C=O) groups is 1. The normalized spacial score (nSPS) is 17.1. The molecule has 0 saturated heterocycles. The Balaban J connectivity index is 2.31. The molecule has 0 atom stereocenters. The van der Waals surface area contributed by atoms with Gasteiger partial charge in [0.05, 0.1) is 6.54 Å². The van der Waals surface area contributed by atoms with Gasteiger partial charge in [-0.1, -0.05) is 6.07 Å². The third-order valence-electron chi connectivity index (χ3n) is 2.60. The van der Waals surface area contributed by atoms with Crippen molar-refractivity contribution in [3.8, 4) is 0 Å². The Hall–Kier alpha value is -1.42. The monoisotopic (exact) mass is 205 g/mol. The molecule has 1 N–H and O–H groups in total. The summed E-state index contributed by atoms with van der Waals surface area (Å²) in [5.41, 5.74) is 1.08. The Bertz CT molecular complexity index is 376. The van der Waals surface area contributed by atoms with Gasteiger partial charge in [-0.3, -0.25) is 9.69 Å². The lowest BCUT2D eigenvalue weighted by Crippen LogP contribution is -2.35. The van der Waals surface area contributed by atoms with Gasteiger partial charge in [0, 0.05) is 24.3 Å². The number of nitrogens with one attached hydrogen (secondary N) is 1. The van der Waals surface area contributed by atoms with Crippen LogP contribution in [0.15, 0.2) is 18.3 Å². The average molecular weight is 205 g/mol. The maximum Gasteiger partial charge on any atom is 0.239 e. The second-order valence-electron chi connectivity index (χ2n) is 4.06. The van der Waals surface area contributed by atoms with Crippen LogP contribution in [0.4, 0.5) is 5.82 Å². The summed E-state index contributed by atoms with van der Waals surface area (Å²) in [5, 5.41) is 2.82. The standard InChI is InChI=1S/C11H15N3O/c1-8(2)14-6-9-4-3-5-12-11(9)13-10(15)7-14/h3-5,8H,6-7H2,1-2H3,(H,12,13,15). The van der Waals surface area contributed by atoms with Gasteiger partial charge >= 0.3 is 0 Å². The molecule has 4 heteroatoms. The first-order valence-electron chi connectivity index (χ1n) is 5.14. The molecular formula is C11H15N3O. The molecule has 0 aromatic carbocycles. The van der Waals surface area contributed by atoms with E-state index in [2.05, 4.69) is 29.0 Å². The van der Waals surface area contributed by atoms with E-state index in [1.165, 1.54) is 0 Å². The predicted molar refractivity (Wildman–Crippen MR) is 58.4 cm³/mol. The van der Waals surface area contributed by atoms with Crippen molar-refractivity contribution >= 4 is 11.7 Å². The lowest BCUT2D eigenvalue weighted by atomic mass is 10.2. The van der Waals surface area contributed by atoms with Crippen LogP contribution in [0, 0.1) is 0 Å². The SMILES string of the molecule is CC(C)N1CC(=O)Nc2ncccc2C1. The number of amides is 1. The van der Waals surface area contributed by atoms with Crippen molar-refractivity contribution < 1.29 is 4.79 Å². The summed E-state index contributed by atoms with van der Waals surface area (Å²) >= 11 is 0. The maximum atomic E-state index is 11.6. The highest BCUT2D eigenvalue weighted by atomic mass is 16.2. The minimum absolute atomic E-state index is 0.0150. The van der Waals surface area contributed by atoms with E-state index < -0.39 is 0 Å². The quantitative estimate of drug-likeness (QED) is 0.750. The second-order valence-corrected chi connectivity index (χ2v) is 4.06. The van der Waals surface area contributed by atoms with Crippen LogP contribution in [-0.2, 0) is 11.3 Å². The van der Waals surface area contributed by atoms with Crippen LogP contribution in [0.5, 0.6) is 0 Å². The third-order valence-corrected chi connectivity index (χ3v) is 2.60. The first-order valence-corrected chi connectivity index (χ1v) is 5.14. The summed E-state index contributed by atoms with van der Waals surface area (Å²) in [4.78, 5) is 17.9. The number of aromatic nitrogens is 1. The topological polar surface area (TPSA) is 45.2 Å². The van der Waals surface area contributed by atoms with E-state index in [0.29, 0.717) is 18.4 Å². The summed E-state index contributed by atoms with van der Waals surface area (Å²) in [6.45, 7) is 5.40. The van der Waals surface area contributed by atoms with Crippen molar-refractivity contribution in [2.45, 2.75) is 26.4 Å². The van der Waals surface area contributed by atoms with Crippen LogP contribution in [0.2, 0.25) is 0 Å². The van der Waals surface area contributed by atoms with E-state index in [4.69, 9.17) is 0 Å². The van der Waals surface area contributed by atoms with Crippen molar-refractivity contribution in [3.05, 3.63) is 23.9 Å². The molecule has 4 nitrogen and oxygen atoms in total. The van der Waals surface area contributed by atoms with Crippen molar-refractivity contribution in [3.63, 3.8) is 0 Å². The summed E-state index contributed by atoms with van der Waals surface area (Å²) in [6.07, 6.45) is 1.70. The molecule has 0 bridgehead atoms. The first-order chi connectivity index (χ1) is 7.16. The van der Waals surface area contributed by atoms with E-state index in [0.717, 1.165) is 12.1 Å². The molecule has 0 spiro atoms. The van der Waals surface area contributed by atoms with Crippen LogP contribution in [0.25, 0.3) is 0 Å². The van der Waals surface area contributed by atoms with Crippen LogP contribution < -0.4 is 5.32 Å². The minimum atomic E-state index is 0.0150. The van der Waals surface area contributed by atoms with Gasteiger partial charge < -0.3 is 5.32 Å². The van der Waals surface area contributed by atoms with Gasteiger partial charge in [-0.15, -0.1) is 0 Å². The molecule has 2 rings (SSSR count). The zero-order valence-corrected chi connectivity index (χ0v) is 9.03. The molecule has 1 amide bonds. The Morgan fingerprint density at radius 3 is 3.00 bits per heavy atom. The second kappa shape index (κ2) is 3.98. The van der Waals surface area contributed by atoms with Crippen LogP contribution in [-0.4, -0.2) is 28.4 Å². The van der Waals surface area contributed by atoms with Gasteiger partial charge in [-0.05, 0) is 19.9 Å². The van der Waals surface area contributed by atoms with E-state index in [9.17, 15) is 4.79 Å². The van der Waals surface area contributed by atoms with Crippen molar-refractivity contribution in [2.75, 3.05) is 11.9 Å². The van der Waals surface area contributed by atoms with Crippen molar-refractivity contribution in [1.82, 2.24) is 9.88 Å². The minimum Gasteiger partial charge on any atom is -0.309 e. The molecule has 1 aliphatic rings. The van der Waals surface area contributed by atoms with Crippen molar-refractivity contribution in [1.29, 1.82) is 0 Å². The predicted octanol–water partition coefficient (Wildman–Crippen LogP) is 1.24. The zero-order valence-electron chi connectivity index (χ0n) is 9.03. The summed E-state index contributed by atoms with van der Waals surface area (Å²) in [7, 11) is 0. The Kier molecular flexibility index (Phi) is 2.68. The van der Waals surface area contributed by atoms with Gasteiger partial charge in [0.1, 0.15) is 5.82 Å². The number of fused-ring (bicyclic) bond motifs is 1. The van der Waals surface area contributed by atoms with Gasteiger partial charge in [-0.25, -0.2) is 4.98 Å². The zero-order chi connectivity index (χ0) is 10.8. The number of pyridine rings is 1. The number of carbonyl (C=O) groups excluding carboxylic acids is 1.